The van der Waals surface area contributed by atoms with Gasteiger partial charge < -0.3 is 10.2 Å². The number of benzene rings is 2. The van der Waals surface area contributed by atoms with Gasteiger partial charge >= 0.3 is 0 Å². The summed E-state index contributed by atoms with van der Waals surface area (Å²) in [6.45, 7) is 6.87. The molecule has 3 nitrogen and oxygen atoms in total. The van der Waals surface area contributed by atoms with Crippen LogP contribution in [0.1, 0.15) is 38.7 Å². The van der Waals surface area contributed by atoms with Gasteiger partial charge in [-0.25, -0.2) is 0 Å². The summed E-state index contributed by atoms with van der Waals surface area (Å²) in [4.78, 5) is 14.0. The standard InChI is InChI=1S/C21H28N2O/c1-3-17-15-23(21(24)4-2)12-11-20(17)22-14-16-9-10-18-7-5-6-8-19(18)13-16/h5-10,13,17,20,22H,3-4,11-12,14-15H2,1-2H3/t17-,20+/m1/s1. The van der Waals surface area contributed by atoms with Gasteiger partial charge in [0.1, 0.15) is 0 Å². The first kappa shape index (κ1) is 17.0. The Balaban J connectivity index is 1.61. The van der Waals surface area contributed by atoms with Crippen molar-refractivity contribution in [3.8, 4) is 0 Å². The van der Waals surface area contributed by atoms with Crippen molar-refractivity contribution in [3.63, 3.8) is 0 Å². The maximum atomic E-state index is 11.9. The van der Waals surface area contributed by atoms with Crippen LogP contribution in [-0.4, -0.2) is 29.9 Å². The second-order valence-corrected chi connectivity index (χ2v) is 6.82. The minimum absolute atomic E-state index is 0.293. The highest BCUT2D eigenvalue weighted by Gasteiger charge is 2.29. The summed E-state index contributed by atoms with van der Waals surface area (Å²) in [7, 11) is 0. The lowest BCUT2D eigenvalue weighted by Gasteiger charge is -2.38. The fraction of sp³-hybridized carbons (Fsp3) is 0.476. The number of carbonyl (C=O) groups is 1. The molecule has 0 spiro atoms. The molecule has 1 N–H and O–H groups in total. The molecule has 0 saturated carbocycles. The molecule has 1 aliphatic heterocycles. The second-order valence-electron chi connectivity index (χ2n) is 6.82. The molecule has 0 bridgehead atoms. The van der Waals surface area contributed by atoms with E-state index in [4.69, 9.17) is 0 Å². The molecule has 1 heterocycles. The number of likely N-dealkylation sites (tertiary alicyclic amines) is 1. The minimum Gasteiger partial charge on any atom is -0.342 e. The van der Waals surface area contributed by atoms with E-state index in [0.29, 0.717) is 24.3 Å². The summed E-state index contributed by atoms with van der Waals surface area (Å²) in [5.41, 5.74) is 1.33. The van der Waals surface area contributed by atoms with Crippen molar-refractivity contribution in [2.24, 2.45) is 5.92 Å². The van der Waals surface area contributed by atoms with Crippen molar-refractivity contribution >= 4 is 16.7 Å². The first-order valence-corrected chi connectivity index (χ1v) is 9.20. The highest BCUT2D eigenvalue weighted by atomic mass is 16.2. The summed E-state index contributed by atoms with van der Waals surface area (Å²) < 4.78 is 0. The number of hydrogen-bond donors (Lipinski definition) is 1. The average molecular weight is 324 g/mol. The Morgan fingerprint density at radius 1 is 1.17 bits per heavy atom. The van der Waals surface area contributed by atoms with Gasteiger partial charge in [-0.15, -0.1) is 0 Å². The first-order chi connectivity index (χ1) is 11.7. The third kappa shape index (κ3) is 3.78. The molecule has 0 aliphatic carbocycles. The van der Waals surface area contributed by atoms with Crippen molar-refractivity contribution in [1.82, 2.24) is 10.2 Å². The van der Waals surface area contributed by atoms with Crippen LogP contribution in [-0.2, 0) is 11.3 Å². The maximum absolute atomic E-state index is 11.9. The Kier molecular flexibility index (Phi) is 5.52. The van der Waals surface area contributed by atoms with Gasteiger partial charge in [0, 0.05) is 32.1 Å². The lowest BCUT2D eigenvalue weighted by Crippen LogP contribution is -2.50. The number of nitrogens with one attached hydrogen (secondary N) is 1. The maximum Gasteiger partial charge on any atom is 0.222 e. The van der Waals surface area contributed by atoms with Gasteiger partial charge in [-0.2, -0.15) is 0 Å². The van der Waals surface area contributed by atoms with Crippen molar-refractivity contribution in [3.05, 3.63) is 48.0 Å². The lowest BCUT2D eigenvalue weighted by molar-refractivity contribution is -0.133. The smallest absolute Gasteiger partial charge is 0.222 e. The second kappa shape index (κ2) is 7.80. The molecule has 0 radical (unpaired) electrons. The highest BCUT2D eigenvalue weighted by molar-refractivity contribution is 5.83. The van der Waals surface area contributed by atoms with Crippen molar-refractivity contribution in [2.75, 3.05) is 13.1 Å². The van der Waals surface area contributed by atoms with Gasteiger partial charge in [-0.3, -0.25) is 4.79 Å². The molecule has 1 amide bonds. The van der Waals surface area contributed by atoms with E-state index >= 15 is 0 Å². The van der Waals surface area contributed by atoms with E-state index in [2.05, 4.69) is 54.7 Å². The molecule has 24 heavy (non-hydrogen) atoms. The third-order valence-electron chi connectivity index (χ3n) is 5.30. The normalized spacial score (nSPS) is 21.2. The molecule has 2 atom stereocenters. The van der Waals surface area contributed by atoms with E-state index in [9.17, 15) is 4.79 Å². The molecule has 2 aromatic rings. The molecule has 1 aliphatic rings. The number of fused-ring (bicyclic) bond motifs is 1. The summed E-state index contributed by atoms with van der Waals surface area (Å²) >= 11 is 0. The van der Waals surface area contributed by atoms with E-state index < -0.39 is 0 Å². The van der Waals surface area contributed by atoms with Crippen LogP contribution in [0.3, 0.4) is 0 Å². The van der Waals surface area contributed by atoms with Gasteiger partial charge in [0.25, 0.3) is 0 Å². The Morgan fingerprint density at radius 2 is 1.96 bits per heavy atom. The number of amides is 1. The molecule has 0 aromatic heterocycles. The molecule has 1 saturated heterocycles. The largest absolute Gasteiger partial charge is 0.342 e. The number of carbonyl (C=O) groups excluding carboxylic acids is 1. The number of rotatable bonds is 5. The Hall–Kier alpha value is -1.87. The summed E-state index contributed by atoms with van der Waals surface area (Å²) in [6, 6.07) is 15.7. The number of piperidine rings is 1. The first-order valence-electron chi connectivity index (χ1n) is 9.20. The van der Waals surface area contributed by atoms with Gasteiger partial charge in [-0.05, 0) is 34.7 Å². The molecule has 1 fully saturated rings. The zero-order valence-electron chi connectivity index (χ0n) is 14.8. The minimum atomic E-state index is 0.293. The predicted molar refractivity (Wildman–Crippen MR) is 99.8 cm³/mol. The van der Waals surface area contributed by atoms with Crippen molar-refractivity contribution in [1.29, 1.82) is 0 Å². The fourth-order valence-electron chi connectivity index (χ4n) is 3.76. The number of hydrogen-bond acceptors (Lipinski definition) is 2. The Bertz CT molecular complexity index is 697. The lowest BCUT2D eigenvalue weighted by atomic mass is 9.89. The molecule has 0 unspecified atom stereocenters. The SMILES string of the molecule is CCC(=O)N1CC[C@H](NCc2ccc3ccccc3c2)[C@H](CC)C1. The molecule has 3 rings (SSSR count). The molecule has 3 heteroatoms. The van der Waals surface area contributed by atoms with Crippen molar-refractivity contribution in [2.45, 2.75) is 45.7 Å². The Labute approximate surface area is 145 Å². The molecule has 128 valence electrons. The van der Waals surface area contributed by atoms with Crippen LogP contribution >= 0.6 is 0 Å². The Morgan fingerprint density at radius 3 is 2.71 bits per heavy atom. The summed E-state index contributed by atoms with van der Waals surface area (Å²) in [5.74, 6) is 0.844. The van der Waals surface area contributed by atoms with E-state index in [1.807, 2.05) is 11.8 Å². The number of nitrogens with zero attached hydrogens (tertiary/aromatic N) is 1. The van der Waals surface area contributed by atoms with Crippen LogP contribution in [0.2, 0.25) is 0 Å². The third-order valence-corrected chi connectivity index (χ3v) is 5.30. The average Bonchev–Trinajstić information content (AvgIpc) is 2.65. The highest BCUT2D eigenvalue weighted by Crippen LogP contribution is 2.22. The van der Waals surface area contributed by atoms with Gasteiger partial charge in [0.15, 0.2) is 0 Å². The van der Waals surface area contributed by atoms with Gasteiger partial charge in [0.05, 0.1) is 0 Å². The fourth-order valence-corrected chi connectivity index (χ4v) is 3.76. The van der Waals surface area contributed by atoms with Gasteiger partial charge in [0.2, 0.25) is 5.91 Å². The predicted octanol–water partition coefficient (Wildman–Crippen LogP) is 3.97. The van der Waals surface area contributed by atoms with Gasteiger partial charge in [-0.1, -0.05) is 56.7 Å². The van der Waals surface area contributed by atoms with Crippen LogP contribution in [0.4, 0.5) is 0 Å². The molecular weight excluding hydrogens is 296 g/mol. The zero-order chi connectivity index (χ0) is 16.9. The van der Waals surface area contributed by atoms with E-state index in [-0.39, 0.29) is 0 Å². The molecular formula is C21H28N2O. The van der Waals surface area contributed by atoms with Crippen LogP contribution in [0.25, 0.3) is 10.8 Å². The summed E-state index contributed by atoms with van der Waals surface area (Å²) in [6.07, 6.45) is 2.78. The molecule has 2 aromatic carbocycles. The zero-order valence-corrected chi connectivity index (χ0v) is 14.8. The van der Waals surface area contributed by atoms with Crippen molar-refractivity contribution < 1.29 is 4.79 Å². The van der Waals surface area contributed by atoms with Crippen LogP contribution in [0, 0.1) is 5.92 Å². The van der Waals surface area contributed by atoms with E-state index in [0.717, 1.165) is 32.5 Å². The monoisotopic (exact) mass is 324 g/mol. The topological polar surface area (TPSA) is 32.3 Å². The quantitative estimate of drug-likeness (QED) is 0.902. The van der Waals surface area contributed by atoms with E-state index in [1.165, 1.54) is 16.3 Å². The van der Waals surface area contributed by atoms with Crippen LogP contribution < -0.4 is 5.32 Å². The summed E-state index contributed by atoms with van der Waals surface area (Å²) in [5, 5.41) is 6.33. The van der Waals surface area contributed by atoms with Crippen LogP contribution in [0.5, 0.6) is 0 Å². The van der Waals surface area contributed by atoms with E-state index in [1.54, 1.807) is 0 Å². The van der Waals surface area contributed by atoms with Crippen LogP contribution in [0.15, 0.2) is 42.5 Å².